The largest absolute Gasteiger partial charge is 0.497 e. The van der Waals surface area contributed by atoms with Gasteiger partial charge in [-0.2, -0.15) is 0 Å². The molecule has 1 saturated heterocycles. The van der Waals surface area contributed by atoms with Gasteiger partial charge < -0.3 is 25.0 Å². The lowest BCUT2D eigenvalue weighted by Crippen LogP contribution is -2.41. The average Bonchev–Trinajstić information content (AvgIpc) is 2.98. The molecule has 0 aromatic heterocycles. The highest BCUT2D eigenvalue weighted by atomic mass is 16.5. The van der Waals surface area contributed by atoms with Crippen LogP contribution in [0.5, 0.6) is 11.5 Å². The maximum atomic E-state index is 12.3. The number of carbonyl (C=O) groups excluding carboxylic acids is 2. The summed E-state index contributed by atoms with van der Waals surface area (Å²) in [6.45, 7) is 2.70. The topological polar surface area (TPSA) is 79.9 Å². The maximum Gasteiger partial charge on any atom is 0.317 e. The normalized spacial score (nSPS) is 19.6. The highest BCUT2D eigenvalue weighted by Crippen LogP contribution is 2.30. The summed E-state index contributed by atoms with van der Waals surface area (Å²) in [4.78, 5) is 25.4. The molecule has 0 aliphatic carbocycles. The fourth-order valence-corrected chi connectivity index (χ4v) is 2.85. The summed E-state index contributed by atoms with van der Waals surface area (Å²) in [5, 5.41) is 5.62. The predicted octanol–water partition coefficient (Wildman–Crippen LogP) is 0.388. The maximum absolute atomic E-state index is 12.3. The Balaban J connectivity index is 1.51. The molecule has 3 rings (SSSR count). The molecule has 2 heterocycles. The van der Waals surface area contributed by atoms with E-state index in [1.165, 1.54) is 0 Å². The minimum absolute atomic E-state index is 0.0434. The third-order valence-corrected chi connectivity index (χ3v) is 4.17. The standard InChI is InChI=1S/C16H21N3O4/c1-22-13-2-3-14-11(9-13)8-12(10-23-14)15(20)17-4-6-19-7-5-18-16(19)21/h2-3,9,12H,4-8,10H2,1H3,(H,17,20)(H,18,21). The molecular formula is C16H21N3O4. The molecule has 124 valence electrons. The zero-order chi connectivity index (χ0) is 16.2. The van der Waals surface area contributed by atoms with Gasteiger partial charge in [-0.15, -0.1) is 0 Å². The Bertz CT molecular complexity index is 605. The highest BCUT2D eigenvalue weighted by Gasteiger charge is 2.26. The molecule has 7 nitrogen and oxygen atoms in total. The number of benzene rings is 1. The summed E-state index contributed by atoms with van der Waals surface area (Å²) in [7, 11) is 1.62. The molecule has 2 aliphatic rings. The van der Waals surface area contributed by atoms with E-state index in [1.807, 2.05) is 18.2 Å². The zero-order valence-electron chi connectivity index (χ0n) is 13.1. The van der Waals surface area contributed by atoms with Crippen LogP contribution in [-0.4, -0.2) is 56.7 Å². The van der Waals surface area contributed by atoms with Crippen LogP contribution in [0.25, 0.3) is 0 Å². The molecule has 1 fully saturated rings. The van der Waals surface area contributed by atoms with Crippen molar-refractivity contribution in [1.82, 2.24) is 15.5 Å². The number of ether oxygens (including phenoxy) is 2. The predicted molar refractivity (Wildman–Crippen MR) is 83.7 cm³/mol. The summed E-state index contributed by atoms with van der Waals surface area (Å²) in [5.41, 5.74) is 0.981. The van der Waals surface area contributed by atoms with Gasteiger partial charge in [-0.3, -0.25) is 4.79 Å². The third-order valence-electron chi connectivity index (χ3n) is 4.17. The van der Waals surface area contributed by atoms with Crippen LogP contribution >= 0.6 is 0 Å². The first-order chi connectivity index (χ1) is 11.2. The van der Waals surface area contributed by atoms with E-state index in [1.54, 1.807) is 12.0 Å². The van der Waals surface area contributed by atoms with Crippen LogP contribution in [0, 0.1) is 5.92 Å². The van der Waals surface area contributed by atoms with Crippen molar-refractivity contribution in [2.75, 3.05) is 39.9 Å². The van der Waals surface area contributed by atoms with Crippen molar-refractivity contribution >= 4 is 11.9 Å². The number of nitrogens with one attached hydrogen (secondary N) is 2. The molecular weight excluding hydrogens is 298 g/mol. The molecule has 3 amide bonds. The van der Waals surface area contributed by atoms with E-state index in [4.69, 9.17) is 9.47 Å². The third kappa shape index (κ3) is 3.49. The fraction of sp³-hybridized carbons (Fsp3) is 0.500. The molecule has 23 heavy (non-hydrogen) atoms. The Morgan fingerprint density at radius 2 is 2.39 bits per heavy atom. The van der Waals surface area contributed by atoms with Crippen LogP contribution in [0.2, 0.25) is 0 Å². The van der Waals surface area contributed by atoms with E-state index >= 15 is 0 Å². The van der Waals surface area contributed by atoms with Crippen LogP contribution < -0.4 is 20.1 Å². The lowest BCUT2D eigenvalue weighted by atomic mass is 9.96. The summed E-state index contributed by atoms with van der Waals surface area (Å²) in [6, 6.07) is 5.55. The van der Waals surface area contributed by atoms with Gasteiger partial charge in [0.1, 0.15) is 18.1 Å². The molecule has 0 saturated carbocycles. The first-order valence-electron chi connectivity index (χ1n) is 7.77. The Labute approximate surface area is 134 Å². The van der Waals surface area contributed by atoms with E-state index in [0.717, 1.165) is 17.1 Å². The van der Waals surface area contributed by atoms with Gasteiger partial charge in [-0.25, -0.2) is 4.79 Å². The van der Waals surface area contributed by atoms with Gasteiger partial charge in [0.25, 0.3) is 0 Å². The summed E-state index contributed by atoms with van der Waals surface area (Å²) < 4.78 is 10.9. The number of methoxy groups -OCH3 is 1. The SMILES string of the molecule is COc1ccc2c(c1)CC(C(=O)NCCN1CCNC1=O)CO2. The minimum atomic E-state index is -0.220. The molecule has 2 aliphatic heterocycles. The quantitative estimate of drug-likeness (QED) is 0.823. The molecule has 1 unspecified atom stereocenters. The first kappa shape index (κ1) is 15.5. The van der Waals surface area contributed by atoms with E-state index in [0.29, 0.717) is 39.2 Å². The number of nitrogens with zero attached hydrogens (tertiary/aromatic N) is 1. The van der Waals surface area contributed by atoms with Crippen LogP contribution in [0.15, 0.2) is 18.2 Å². The van der Waals surface area contributed by atoms with Gasteiger partial charge in [0.2, 0.25) is 5.91 Å². The van der Waals surface area contributed by atoms with E-state index < -0.39 is 0 Å². The molecule has 0 bridgehead atoms. The zero-order valence-corrected chi connectivity index (χ0v) is 13.1. The van der Waals surface area contributed by atoms with Crippen LogP contribution in [-0.2, 0) is 11.2 Å². The van der Waals surface area contributed by atoms with Gasteiger partial charge in [-0.1, -0.05) is 0 Å². The molecule has 0 radical (unpaired) electrons. The van der Waals surface area contributed by atoms with Gasteiger partial charge in [0.05, 0.1) is 13.0 Å². The first-order valence-corrected chi connectivity index (χ1v) is 7.77. The lowest BCUT2D eigenvalue weighted by molar-refractivity contribution is -0.126. The van der Waals surface area contributed by atoms with Crippen LogP contribution in [0.4, 0.5) is 4.79 Å². The van der Waals surface area contributed by atoms with E-state index in [-0.39, 0.29) is 17.9 Å². The molecule has 7 heteroatoms. The molecule has 1 atom stereocenters. The minimum Gasteiger partial charge on any atom is -0.497 e. The van der Waals surface area contributed by atoms with E-state index in [2.05, 4.69) is 10.6 Å². The smallest absolute Gasteiger partial charge is 0.317 e. The number of carbonyl (C=O) groups is 2. The van der Waals surface area contributed by atoms with Crippen LogP contribution in [0.1, 0.15) is 5.56 Å². The van der Waals surface area contributed by atoms with Gasteiger partial charge in [0.15, 0.2) is 0 Å². The number of urea groups is 1. The fourth-order valence-electron chi connectivity index (χ4n) is 2.85. The van der Waals surface area contributed by atoms with Crippen molar-refractivity contribution < 1.29 is 19.1 Å². The second-order valence-electron chi connectivity index (χ2n) is 5.70. The Kier molecular flexibility index (Phi) is 4.55. The van der Waals surface area contributed by atoms with Crippen molar-refractivity contribution in [3.8, 4) is 11.5 Å². The van der Waals surface area contributed by atoms with Crippen molar-refractivity contribution in [3.05, 3.63) is 23.8 Å². The van der Waals surface area contributed by atoms with E-state index in [9.17, 15) is 9.59 Å². The summed E-state index contributed by atoms with van der Waals surface area (Å²) in [5.74, 6) is 1.30. The number of rotatable bonds is 5. The second kappa shape index (κ2) is 6.76. The monoisotopic (exact) mass is 319 g/mol. The summed E-state index contributed by atoms with van der Waals surface area (Å²) in [6.07, 6.45) is 0.628. The van der Waals surface area contributed by atoms with Gasteiger partial charge in [-0.05, 0) is 30.2 Å². The summed E-state index contributed by atoms with van der Waals surface area (Å²) >= 11 is 0. The second-order valence-corrected chi connectivity index (χ2v) is 5.70. The Morgan fingerprint density at radius 1 is 1.52 bits per heavy atom. The lowest BCUT2D eigenvalue weighted by Gasteiger charge is -2.25. The van der Waals surface area contributed by atoms with Crippen molar-refractivity contribution in [1.29, 1.82) is 0 Å². The molecule has 1 aromatic rings. The number of hydrogen-bond donors (Lipinski definition) is 2. The van der Waals surface area contributed by atoms with Gasteiger partial charge >= 0.3 is 6.03 Å². The number of fused-ring (bicyclic) bond motifs is 1. The van der Waals surface area contributed by atoms with Gasteiger partial charge in [0, 0.05) is 26.2 Å². The number of hydrogen-bond acceptors (Lipinski definition) is 4. The van der Waals surface area contributed by atoms with Crippen LogP contribution in [0.3, 0.4) is 0 Å². The Morgan fingerprint density at radius 3 is 3.13 bits per heavy atom. The average molecular weight is 319 g/mol. The highest BCUT2D eigenvalue weighted by molar-refractivity contribution is 5.80. The van der Waals surface area contributed by atoms with Crippen molar-refractivity contribution in [2.45, 2.75) is 6.42 Å². The molecule has 2 N–H and O–H groups in total. The molecule has 0 spiro atoms. The molecule has 1 aromatic carbocycles. The van der Waals surface area contributed by atoms with Crippen molar-refractivity contribution in [3.63, 3.8) is 0 Å². The van der Waals surface area contributed by atoms with Crippen molar-refractivity contribution in [2.24, 2.45) is 5.92 Å². The Hall–Kier alpha value is -2.44. The number of amides is 3.